The van der Waals surface area contributed by atoms with E-state index in [2.05, 4.69) is 15.2 Å². The third kappa shape index (κ3) is 1.35. The van der Waals surface area contributed by atoms with E-state index in [1.165, 1.54) is 0 Å². The number of rotatable bonds is 1. The fourth-order valence-electron chi connectivity index (χ4n) is 1.65. The van der Waals surface area contributed by atoms with Gasteiger partial charge in [-0.1, -0.05) is 0 Å². The highest BCUT2D eigenvalue weighted by atomic mass is 32.1. The van der Waals surface area contributed by atoms with Crippen molar-refractivity contribution in [2.75, 3.05) is 0 Å². The molecular formula is C10H9N5S. The van der Waals surface area contributed by atoms with Crippen LogP contribution in [0.25, 0.3) is 16.8 Å². The molecule has 0 amide bonds. The number of nitrogens with one attached hydrogen (secondary N) is 1. The highest BCUT2D eigenvalue weighted by molar-refractivity contribution is 7.71. The first kappa shape index (κ1) is 9.29. The summed E-state index contributed by atoms with van der Waals surface area (Å²) in [5.41, 5.74) is 2.81. The first-order valence-electron chi connectivity index (χ1n) is 4.80. The van der Waals surface area contributed by atoms with Gasteiger partial charge in [0.25, 0.3) is 0 Å². The first-order chi connectivity index (χ1) is 7.74. The van der Waals surface area contributed by atoms with Crippen molar-refractivity contribution in [1.29, 1.82) is 0 Å². The lowest BCUT2D eigenvalue weighted by atomic mass is 10.2. The maximum Gasteiger partial charge on any atom is 0.219 e. The summed E-state index contributed by atoms with van der Waals surface area (Å²) in [6.45, 7) is 0. The monoisotopic (exact) mass is 231 g/mol. The Hall–Kier alpha value is -1.95. The Morgan fingerprint density at radius 1 is 1.44 bits per heavy atom. The van der Waals surface area contributed by atoms with E-state index in [0.717, 1.165) is 16.8 Å². The highest BCUT2D eigenvalue weighted by Crippen LogP contribution is 2.17. The Morgan fingerprint density at radius 3 is 3.06 bits per heavy atom. The number of nitrogens with zero attached hydrogens (tertiary/aromatic N) is 4. The number of H-pyrrole nitrogens is 1. The van der Waals surface area contributed by atoms with Crippen LogP contribution in [-0.4, -0.2) is 24.4 Å². The molecule has 0 unspecified atom stereocenters. The smallest absolute Gasteiger partial charge is 0.219 e. The fraction of sp³-hybridized carbons (Fsp3) is 0.100. The van der Waals surface area contributed by atoms with Crippen molar-refractivity contribution in [2.45, 2.75) is 0 Å². The Morgan fingerprint density at radius 2 is 2.31 bits per heavy atom. The molecule has 0 radical (unpaired) electrons. The minimum Gasteiger partial charge on any atom is -0.299 e. The third-order valence-electron chi connectivity index (χ3n) is 2.41. The van der Waals surface area contributed by atoms with E-state index in [1.54, 1.807) is 15.4 Å². The molecule has 0 bridgehead atoms. The van der Waals surface area contributed by atoms with Crippen LogP contribution in [0.3, 0.4) is 0 Å². The molecule has 0 aliphatic rings. The molecule has 0 aliphatic heterocycles. The minimum absolute atomic E-state index is 0.515. The molecule has 0 fully saturated rings. The zero-order valence-corrected chi connectivity index (χ0v) is 9.40. The van der Waals surface area contributed by atoms with Gasteiger partial charge in [-0.2, -0.15) is 5.10 Å². The van der Waals surface area contributed by atoms with Crippen molar-refractivity contribution in [3.05, 3.63) is 35.5 Å². The summed E-state index contributed by atoms with van der Waals surface area (Å²) in [6.07, 6.45) is 5.53. The molecule has 0 spiro atoms. The Kier molecular flexibility index (Phi) is 1.90. The summed E-state index contributed by atoms with van der Waals surface area (Å²) in [4.78, 5) is 4.35. The standard InChI is InChI=1S/C10H9N5S/c1-14-6-7(5-12-14)9-4-8-2-3-11-15(8)10(16)13-9/h2-6,11H,1H3. The number of aryl methyl sites for hydroxylation is 1. The van der Waals surface area contributed by atoms with E-state index >= 15 is 0 Å². The maximum absolute atomic E-state index is 5.20. The molecule has 0 saturated carbocycles. The van der Waals surface area contributed by atoms with E-state index in [1.807, 2.05) is 31.6 Å². The predicted molar refractivity (Wildman–Crippen MR) is 62.6 cm³/mol. The molecule has 0 atom stereocenters. The molecule has 3 heterocycles. The van der Waals surface area contributed by atoms with Crippen molar-refractivity contribution in [3.8, 4) is 11.3 Å². The second-order valence-electron chi connectivity index (χ2n) is 3.55. The number of aromatic nitrogens is 5. The van der Waals surface area contributed by atoms with Crippen molar-refractivity contribution in [1.82, 2.24) is 24.4 Å². The summed E-state index contributed by atoms with van der Waals surface area (Å²) in [5.74, 6) is 0. The lowest BCUT2D eigenvalue weighted by Gasteiger charge is -1.98. The summed E-state index contributed by atoms with van der Waals surface area (Å²) in [6, 6.07) is 3.93. The summed E-state index contributed by atoms with van der Waals surface area (Å²) in [7, 11) is 1.88. The number of fused-ring (bicyclic) bond motifs is 1. The van der Waals surface area contributed by atoms with E-state index < -0.39 is 0 Å². The maximum atomic E-state index is 5.20. The molecule has 0 saturated heterocycles. The van der Waals surface area contributed by atoms with Crippen LogP contribution >= 0.6 is 12.2 Å². The normalized spacial score (nSPS) is 11.1. The second-order valence-corrected chi connectivity index (χ2v) is 3.91. The van der Waals surface area contributed by atoms with Gasteiger partial charge in [0.1, 0.15) is 0 Å². The second kappa shape index (κ2) is 3.28. The highest BCUT2D eigenvalue weighted by Gasteiger charge is 2.04. The van der Waals surface area contributed by atoms with Crippen molar-refractivity contribution < 1.29 is 0 Å². The molecule has 6 heteroatoms. The van der Waals surface area contributed by atoms with Crippen LogP contribution in [0.4, 0.5) is 0 Å². The summed E-state index contributed by atoms with van der Waals surface area (Å²) < 4.78 is 4.02. The third-order valence-corrected chi connectivity index (χ3v) is 2.68. The van der Waals surface area contributed by atoms with E-state index in [0.29, 0.717) is 4.77 Å². The van der Waals surface area contributed by atoms with Gasteiger partial charge in [0, 0.05) is 25.0 Å². The molecule has 0 aromatic carbocycles. The zero-order valence-electron chi connectivity index (χ0n) is 8.58. The molecule has 16 heavy (non-hydrogen) atoms. The largest absolute Gasteiger partial charge is 0.299 e. The molecule has 3 aromatic heterocycles. The molecule has 5 nitrogen and oxygen atoms in total. The van der Waals surface area contributed by atoms with Crippen LogP contribution in [0.15, 0.2) is 30.7 Å². The lowest BCUT2D eigenvalue weighted by Crippen LogP contribution is -1.93. The van der Waals surface area contributed by atoms with E-state index in [9.17, 15) is 0 Å². The van der Waals surface area contributed by atoms with Gasteiger partial charge in [-0.05, 0) is 24.4 Å². The van der Waals surface area contributed by atoms with Gasteiger partial charge in [-0.15, -0.1) is 0 Å². The lowest BCUT2D eigenvalue weighted by molar-refractivity contribution is 0.768. The van der Waals surface area contributed by atoms with E-state index in [-0.39, 0.29) is 0 Å². The number of hydrogen-bond acceptors (Lipinski definition) is 3. The summed E-state index contributed by atoms with van der Waals surface area (Å²) >= 11 is 5.20. The van der Waals surface area contributed by atoms with E-state index in [4.69, 9.17) is 12.2 Å². The van der Waals surface area contributed by atoms with Gasteiger partial charge < -0.3 is 0 Å². The molecule has 0 aliphatic carbocycles. The van der Waals surface area contributed by atoms with Crippen LogP contribution < -0.4 is 0 Å². The molecule has 1 N–H and O–H groups in total. The van der Waals surface area contributed by atoms with Gasteiger partial charge in [0.05, 0.1) is 17.4 Å². The minimum atomic E-state index is 0.515. The Balaban J connectivity index is 2.28. The molecular weight excluding hydrogens is 222 g/mol. The van der Waals surface area contributed by atoms with Crippen molar-refractivity contribution in [3.63, 3.8) is 0 Å². The Bertz CT molecular complexity index is 705. The summed E-state index contributed by atoms with van der Waals surface area (Å²) in [5, 5.41) is 7.12. The average Bonchev–Trinajstić information content (AvgIpc) is 2.85. The van der Waals surface area contributed by atoms with Crippen molar-refractivity contribution in [2.24, 2.45) is 7.05 Å². The van der Waals surface area contributed by atoms with Gasteiger partial charge >= 0.3 is 0 Å². The van der Waals surface area contributed by atoms with Crippen LogP contribution in [-0.2, 0) is 7.05 Å². The molecule has 80 valence electrons. The topological polar surface area (TPSA) is 50.9 Å². The predicted octanol–water partition coefficient (Wildman–Crippen LogP) is 1.79. The first-order valence-corrected chi connectivity index (χ1v) is 5.21. The molecule has 3 rings (SSSR count). The zero-order chi connectivity index (χ0) is 11.1. The average molecular weight is 231 g/mol. The van der Waals surface area contributed by atoms with Crippen LogP contribution in [0.1, 0.15) is 0 Å². The van der Waals surface area contributed by atoms with Crippen LogP contribution in [0, 0.1) is 4.77 Å². The number of aromatic amines is 1. The van der Waals surface area contributed by atoms with Gasteiger partial charge in [0.2, 0.25) is 4.77 Å². The fourth-order valence-corrected chi connectivity index (χ4v) is 1.91. The Labute approximate surface area is 96.3 Å². The van der Waals surface area contributed by atoms with Gasteiger partial charge in [-0.25, -0.2) is 9.50 Å². The van der Waals surface area contributed by atoms with Gasteiger partial charge in [0.15, 0.2) is 0 Å². The quantitative estimate of drug-likeness (QED) is 0.650. The SMILES string of the molecule is Cn1cc(-c2cc3cc[nH]n3c(=S)n2)cn1. The van der Waals surface area contributed by atoms with Crippen molar-refractivity contribution >= 4 is 17.7 Å². The van der Waals surface area contributed by atoms with Gasteiger partial charge in [-0.3, -0.25) is 9.78 Å². The number of hydrogen-bond donors (Lipinski definition) is 1. The molecule has 3 aromatic rings. The van der Waals surface area contributed by atoms with Crippen LogP contribution in [0.5, 0.6) is 0 Å². The van der Waals surface area contributed by atoms with Crippen LogP contribution in [0.2, 0.25) is 0 Å².